The summed E-state index contributed by atoms with van der Waals surface area (Å²) in [6.07, 6.45) is 7.22. The summed E-state index contributed by atoms with van der Waals surface area (Å²) in [6, 6.07) is -0.130. The Morgan fingerprint density at radius 3 is 2.48 bits per heavy atom. The van der Waals surface area contributed by atoms with Crippen LogP contribution in [0.2, 0.25) is 0 Å². The highest BCUT2D eigenvalue weighted by Gasteiger charge is 2.52. The number of hydrogen-bond donors (Lipinski definition) is 1. The molecule has 1 spiro atoms. The van der Waals surface area contributed by atoms with E-state index in [0.29, 0.717) is 19.6 Å². The molecule has 21 heavy (non-hydrogen) atoms. The Bertz CT molecular complexity index is 412. The molecule has 1 aliphatic carbocycles. The highest BCUT2D eigenvalue weighted by molar-refractivity contribution is 6.00. The summed E-state index contributed by atoms with van der Waals surface area (Å²) in [5.41, 5.74) is -0.612. The fourth-order valence-corrected chi connectivity index (χ4v) is 4.15. The molecule has 0 aromatic rings. The third-order valence-corrected chi connectivity index (χ3v) is 5.32. The highest BCUT2D eigenvalue weighted by atomic mass is 16.5. The second kappa shape index (κ2) is 5.95. The van der Waals surface area contributed by atoms with Crippen LogP contribution in [0.3, 0.4) is 0 Å². The summed E-state index contributed by atoms with van der Waals surface area (Å²) < 4.78 is 5.42. The van der Waals surface area contributed by atoms with Crippen LogP contribution in [-0.2, 0) is 14.3 Å². The van der Waals surface area contributed by atoms with Gasteiger partial charge in [-0.1, -0.05) is 26.2 Å². The van der Waals surface area contributed by atoms with Crippen LogP contribution >= 0.6 is 0 Å². The summed E-state index contributed by atoms with van der Waals surface area (Å²) in [4.78, 5) is 27.7. The minimum Gasteiger partial charge on any atom is -0.381 e. The number of nitrogens with one attached hydrogen (secondary N) is 1. The average Bonchev–Trinajstić information content (AvgIpc) is 2.52. The lowest BCUT2D eigenvalue weighted by molar-refractivity contribution is -0.162. The van der Waals surface area contributed by atoms with E-state index in [1.807, 2.05) is 11.8 Å². The topological polar surface area (TPSA) is 58.6 Å². The molecule has 1 atom stereocenters. The summed E-state index contributed by atoms with van der Waals surface area (Å²) in [5.74, 6) is 0.214. The van der Waals surface area contributed by atoms with Crippen LogP contribution in [0.4, 0.5) is 0 Å². The summed E-state index contributed by atoms with van der Waals surface area (Å²) in [6.45, 7) is 3.38. The SMILES string of the molecule is CCC1C(=O)NC2(CCCCC2)C(=O)N1C1CCOCC1. The van der Waals surface area contributed by atoms with Crippen molar-refractivity contribution in [1.82, 2.24) is 10.2 Å². The highest BCUT2D eigenvalue weighted by Crippen LogP contribution is 2.35. The van der Waals surface area contributed by atoms with Gasteiger partial charge in [-0.2, -0.15) is 0 Å². The minimum atomic E-state index is -0.612. The quantitative estimate of drug-likeness (QED) is 0.841. The lowest BCUT2D eigenvalue weighted by Crippen LogP contribution is -2.72. The molecular weight excluding hydrogens is 268 g/mol. The van der Waals surface area contributed by atoms with Crippen LogP contribution in [0, 0.1) is 0 Å². The lowest BCUT2D eigenvalue weighted by Gasteiger charge is -2.50. The van der Waals surface area contributed by atoms with Crippen molar-refractivity contribution in [2.75, 3.05) is 13.2 Å². The third-order valence-electron chi connectivity index (χ3n) is 5.32. The van der Waals surface area contributed by atoms with Crippen LogP contribution < -0.4 is 5.32 Å². The number of hydrogen-bond acceptors (Lipinski definition) is 3. The Hall–Kier alpha value is -1.10. The van der Waals surface area contributed by atoms with E-state index in [2.05, 4.69) is 5.32 Å². The number of nitrogens with zero attached hydrogens (tertiary/aromatic N) is 1. The molecule has 5 nitrogen and oxygen atoms in total. The van der Waals surface area contributed by atoms with Gasteiger partial charge in [0.05, 0.1) is 0 Å². The second-order valence-electron chi connectivity index (χ2n) is 6.61. The zero-order chi connectivity index (χ0) is 14.9. The Balaban J connectivity index is 1.88. The molecule has 2 amide bonds. The first kappa shape index (κ1) is 14.8. The van der Waals surface area contributed by atoms with Gasteiger partial charge < -0.3 is 15.0 Å². The molecule has 0 aromatic carbocycles. The molecule has 0 bridgehead atoms. The van der Waals surface area contributed by atoms with Gasteiger partial charge in [0.1, 0.15) is 11.6 Å². The molecule has 3 aliphatic rings. The Kier molecular flexibility index (Phi) is 4.20. The number of carbonyl (C=O) groups is 2. The van der Waals surface area contributed by atoms with Crippen molar-refractivity contribution in [2.45, 2.75) is 75.9 Å². The molecule has 2 heterocycles. The van der Waals surface area contributed by atoms with E-state index in [1.165, 1.54) is 6.42 Å². The van der Waals surface area contributed by atoms with Gasteiger partial charge in [-0.15, -0.1) is 0 Å². The van der Waals surface area contributed by atoms with Crippen molar-refractivity contribution >= 4 is 11.8 Å². The zero-order valence-corrected chi connectivity index (χ0v) is 12.9. The summed E-state index contributed by atoms with van der Waals surface area (Å²) in [5, 5.41) is 3.09. The van der Waals surface area contributed by atoms with E-state index >= 15 is 0 Å². The molecule has 3 fully saturated rings. The summed E-state index contributed by atoms with van der Waals surface area (Å²) in [7, 11) is 0. The van der Waals surface area contributed by atoms with E-state index in [9.17, 15) is 9.59 Å². The fraction of sp³-hybridized carbons (Fsp3) is 0.875. The molecule has 0 aromatic heterocycles. The van der Waals surface area contributed by atoms with Gasteiger partial charge in [-0.25, -0.2) is 0 Å². The van der Waals surface area contributed by atoms with Crippen molar-refractivity contribution < 1.29 is 14.3 Å². The molecular formula is C16H26N2O3. The second-order valence-corrected chi connectivity index (χ2v) is 6.61. The molecule has 0 radical (unpaired) electrons. The molecule has 5 heteroatoms. The number of rotatable bonds is 2. The van der Waals surface area contributed by atoms with Crippen molar-refractivity contribution in [3.8, 4) is 0 Å². The Labute approximate surface area is 126 Å². The van der Waals surface area contributed by atoms with Gasteiger partial charge in [0, 0.05) is 19.3 Å². The van der Waals surface area contributed by atoms with Gasteiger partial charge in [-0.05, 0) is 32.1 Å². The molecule has 2 aliphatic heterocycles. The van der Waals surface area contributed by atoms with E-state index in [4.69, 9.17) is 4.74 Å². The van der Waals surface area contributed by atoms with Crippen molar-refractivity contribution in [3.05, 3.63) is 0 Å². The lowest BCUT2D eigenvalue weighted by atomic mass is 9.77. The molecule has 1 saturated carbocycles. The fourth-order valence-electron chi connectivity index (χ4n) is 4.15. The minimum absolute atomic E-state index is 0.0468. The predicted octanol–water partition coefficient (Wildman–Crippen LogP) is 1.61. The Morgan fingerprint density at radius 1 is 1.19 bits per heavy atom. The molecule has 1 N–H and O–H groups in total. The Morgan fingerprint density at radius 2 is 1.86 bits per heavy atom. The smallest absolute Gasteiger partial charge is 0.249 e. The first-order chi connectivity index (χ1) is 10.2. The van der Waals surface area contributed by atoms with Crippen LogP contribution in [0.5, 0.6) is 0 Å². The maximum Gasteiger partial charge on any atom is 0.249 e. The van der Waals surface area contributed by atoms with E-state index in [-0.39, 0.29) is 23.9 Å². The van der Waals surface area contributed by atoms with Gasteiger partial charge in [0.25, 0.3) is 0 Å². The monoisotopic (exact) mass is 294 g/mol. The number of carbonyl (C=O) groups excluding carboxylic acids is 2. The van der Waals surface area contributed by atoms with Crippen LogP contribution in [0.25, 0.3) is 0 Å². The van der Waals surface area contributed by atoms with Crippen molar-refractivity contribution in [2.24, 2.45) is 0 Å². The van der Waals surface area contributed by atoms with Crippen LogP contribution in [0.1, 0.15) is 58.3 Å². The average molecular weight is 294 g/mol. The standard InChI is InChI=1S/C16H26N2O3/c1-2-13-14(19)17-16(8-4-3-5-9-16)15(20)18(13)12-6-10-21-11-7-12/h12-13H,2-11H2,1H3,(H,17,19). The van der Waals surface area contributed by atoms with E-state index in [1.54, 1.807) is 0 Å². The van der Waals surface area contributed by atoms with Crippen molar-refractivity contribution in [1.29, 1.82) is 0 Å². The van der Waals surface area contributed by atoms with Crippen LogP contribution in [0.15, 0.2) is 0 Å². The van der Waals surface area contributed by atoms with Crippen molar-refractivity contribution in [3.63, 3.8) is 0 Å². The van der Waals surface area contributed by atoms with Gasteiger partial charge in [0.2, 0.25) is 11.8 Å². The van der Waals surface area contributed by atoms with Crippen LogP contribution in [-0.4, -0.2) is 47.6 Å². The van der Waals surface area contributed by atoms with E-state index < -0.39 is 5.54 Å². The number of ether oxygens (including phenoxy) is 1. The maximum atomic E-state index is 13.2. The number of piperazine rings is 1. The first-order valence-electron chi connectivity index (χ1n) is 8.40. The van der Waals surface area contributed by atoms with Gasteiger partial charge in [0.15, 0.2) is 0 Å². The molecule has 3 rings (SSSR count). The predicted molar refractivity (Wildman–Crippen MR) is 78.7 cm³/mol. The first-order valence-corrected chi connectivity index (χ1v) is 8.40. The number of amides is 2. The molecule has 2 saturated heterocycles. The van der Waals surface area contributed by atoms with E-state index in [0.717, 1.165) is 38.5 Å². The maximum absolute atomic E-state index is 13.2. The zero-order valence-electron chi connectivity index (χ0n) is 12.9. The molecule has 1 unspecified atom stereocenters. The molecule has 118 valence electrons. The largest absolute Gasteiger partial charge is 0.381 e. The normalized spacial score (nSPS) is 30.5. The van der Waals surface area contributed by atoms with Gasteiger partial charge in [-0.3, -0.25) is 9.59 Å². The summed E-state index contributed by atoms with van der Waals surface area (Å²) >= 11 is 0. The van der Waals surface area contributed by atoms with Gasteiger partial charge >= 0.3 is 0 Å². The third kappa shape index (κ3) is 2.56.